The summed E-state index contributed by atoms with van der Waals surface area (Å²) in [4.78, 5) is 13.1. The predicted molar refractivity (Wildman–Crippen MR) is 114 cm³/mol. The molecule has 2 aliphatic rings. The SMILES string of the molecule is CCc1ccc(-n2nc(C(=O)NCC3(COC)CCNCC3)c3c2CCC3)cc1. The topological polar surface area (TPSA) is 68.2 Å². The van der Waals surface area contributed by atoms with Gasteiger partial charge in [0.25, 0.3) is 5.91 Å². The molecular weight excluding hydrogens is 364 g/mol. The number of fused-ring (bicyclic) bond motifs is 1. The summed E-state index contributed by atoms with van der Waals surface area (Å²) in [5.74, 6) is -0.0545. The van der Waals surface area contributed by atoms with Gasteiger partial charge in [0, 0.05) is 30.3 Å². The Morgan fingerprint density at radius 2 is 2.00 bits per heavy atom. The van der Waals surface area contributed by atoms with E-state index in [-0.39, 0.29) is 11.3 Å². The van der Waals surface area contributed by atoms with Crippen molar-refractivity contribution < 1.29 is 9.53 Å². The molecule has 1 aromatic heterocycles. The standard InChI is InChI=1S/C23H32N4O2/c1-3-17-7-9-18(10-8-17)27-20-6-4-5-19(20)21(26-27)22(28)25-15-23(16-29-2)11-13-24-14-12-23/h7-10,24H,3-6,11-16H2,1-2H3,(H,25,28). The van der Waals surface area contributed by atoms with E-state index in [1.165, 1.54) is 11.3 Å². The molecule has 1 aromatic carbocycles. The van der Waals surface area contributed by atoms with Crippen LogP contribution < -0.4 is 10.6 Å². The van der Waals surface area contributed by atoms with E-state index >= 15 is 0 Å². The molecule has 1 aliphatic heterocycles. The van der Waals surface area contributed by atoms with Gasteiger partial charge in [0.2, 0.25) is 0 Å². The summed E-state index contributed by atoms with van der Waals surface area (Å²) in [6.07, 6.45) is 6.03. The van der Waals surface area contributed by atoms with Crippen molar-refractivity contribution in [3.8, 4) is 5.69 Å². The highest BCUT2D eigenvalue weighted by Crippen LogP contribution is 2.30. The van der Waals surface area contributed by atoms with Crippen LogP contribution >= 0.6 is 0 Å². The number of carbonyl (C=O) groups excluding carboxylic acids is 1. The second-order valence-corrected chi connectivity index (χ2v) is 8.42. The van der Waals surface area contributed by atoms with Gasteiger partial charge in [-0.1, -0.05) is 19.1 Å². The maximum absolute atomic E-state index is 13.1. The minimum Gasteiger partial charge on any atom is -0.384 e. The van der Waals surface area contributed by atoms with Crippen LogP contribution in [0.5, 0.6) is 0 Å². The molecule has 1 saturated heterocycles. The maximum Gasteiger partial charge on any atom is 0.272 e. The van der Waals surface area contributed by atoms with Crippen LogP contribution in [0.3, 0.4) is 0 Å². The third-order valence-electron chi connectivity index (χ3n) is 6.47. The lowest BCUT2D eigenvalue weighted by atomic mass is 9.79. The van der Waals surface area contributed by atoms with Crippen molar-refractivity contribution in [2.45, 2.75) is 45.4 Å². The average molecular weight is 397 g/mol. The molecule has 1 aliphatic carbocycles. The molecule has 4 rings (SSSR count). The fourth-order valence-corrected chi connectivity index (χ4v) is 4.69. The normalized spacial score (nSPS) is 17.9. The molecule has 0 radical (unpaired) electrons. The highest BCUT2D eigenvalue weighted by atomic mass is 16.5. The van der Waals surface area contributed by atoms with Crippen LogP contribution in [-0.2, 0) is 24.0 Å². The summed E-state index contributed by atoms with van der Waals surface area (Å²) < 4.78 is 7.46. The van der Waals surface area contributed by atoms with Gasteiger partial charge in [0.1, 0.15) is 0 Å². The summed E-state index contributed by atoms with van der Waals surface area (Å²) in [6.45, 7) is 5.40. The lowest BCUT2D eigenvalue weighted by Gasteiger charge is -2.37. The van der Waals surface area contributed by atoms with Crippen molar-refractivity contribution in [2.75, 3.05) is 33.4 Å². The maximum atomic E-state index is 13.1. The minimum atomic E-state index is -0.0545. The first kappa shape index (κ1) is 20.1. The van der Waals surface area contributed by atoms with Crippen molar-refractivity contribution in [3.63, 3.8) is 0 Å². The number of hydrogen-bond acceptors (Lipinski definition) is 4. The molecule has 29 heavy (non-hydrogen) atoms. The molecule has 0 atom stereocenters. The van der Waals surface area contributed by atoms with E-state index in [1.54, 1.807) is 7.11 Å². The van der Waals surface area contributed by atoms with Crippen molar-refractivity contribution in [2.24, 2.45) is 5.41 Å². The molecule has 1 fully saturated rings. The van der Waals surface area contributed by atoms with Crippen LogP contribution in [0.15, 0.2) is 24.3 Å². The number of aryl methyl sites for hydroxylation is 1. The molecule has 0 saturated carbocycles. The zero-order valence-corrected chi connectivity index (χ0v) is 17.6. The number of nitrogens with one attached hydrogen (secondary N) is 2. The molecule has 2 aromatic rings. The molecule has 0 unspecified atom stereocenters. The van der Waals surface area contributed by atoms with Gasteiger partial charge < -0.3 is 15.4 Å². The number of benzene rings is 1. The highest BCUT2D eigenvalue weighted by molar-refractivity contribution is 5.94. The van der Waals surface area contributed by atoms with Crippen molar-refractivity contribution in [1.29, 1.82) is 0 Å². The molecule has 1 amide bonds. The van der Waals surface area contributed by atoms with Crippen LogP contribution in [0.25, 0.3) is 5.69 Å². The van der Waals surface area contributed by atoms with Crippen molar-refractivity contribution >= 4 is 5.91 Å². The molecule has 156 valence electrons. The number of aromatic nitrogens is 2. The van der Waals surface area contributed by atoms with E-state index in [2.05, 4.69) is 41.8 Å². The van der Waals surface area contributed by atoms with Crippen LogP contribution in [0.4, 0.5) is 0 Å². The van der Waals surface area contributed by atoms with Gasteiger partial charge in [-0.15, -0.1) is 0 Å². The first-order chi connectivity index (χ1) is 14.2. The number of ether oxygens (including phenoxy) is 1. The molecule has 6 nitrogen and oxygen atoms in total. The van der Waals surface area contributed by atoms with Gasteiger partial charge in [-0.05, 0) is 69.3 Å². The average Bonchev–Trinajstić information content (AvgIpc) is 3.36. The number of piperidine rings is 1. The fraction of sp³-hybridized carbons (Fsp3) is 0.565. The lowest BCUT2D eigenvalue weighted by Crippen LogP contribution is -2.47. The Morgan fingerprint density at radius 3 is 2.69 bits per heavy atom. The quantitative estimate of drug-likeness (QED) is 0.755. The van der Waals surface area contributed by atoms with E-state index in [9.17, 15) is 4.79 Å². The second-order valence-electron chi connectivity index (χ2n) is 8.42. The number of methoxy groups -OCH3 is 1. The first-order valence-corrected chi connectivity index (χ1v) is 10.8. The van der Waals surface area contributed by atoms with Crippen molar-refractivity contribution in [3.05, 3.63) is 46.8 Å². The summed E-state index contributed by atoms with van der Waals surface area (Å²) in [6, 6.07) is 8.50. The van der Waals surface area contributed by atoms with Gasteiger partial charge in [0.05, 0.1) is 12.3 Å². The van der Waals surface area contributed by atoms with E-state index in [1.807, 2.05) is 4.68 Å². The van der Waals surface area contributed by atoms with Gasteiger partial charge in [-0.25, -0.2) is 4.68 Å². The molecular formula is C23H32N4O2. The number of rotatable bonds is 7. The van der Waals surface area contributed by atoms with Gasteiger partial charge >= 0.3 is 0 Å². The van der Waals surface area contributed by atoms with Gasteiger partial charge in [-0.2, -0.15) is 5.10 Å². The molecule has 6 heteroatoms. The fourth-order valence-electron chi connectivity index (χ4n) is 4.69. The van der Waals surface area contributed by atoms with Crippen LogP contribution in [0, 0.1) is 5.41 Å². The number of nitrogens with zero attached hydrogens (tertiary/aromatic N) is 2. The Hall–Kier alpha value is -2.18. The zero-order valence-electron chi connectivity index (χ0n) is 17.6. The Morgan fingerprint density at radius 1 is 1.24 bits per heavy atom. The Kier molecular flexibility index (Phi) is 6.01. The Labute approximate surface area is 173 Å². The first-order valence-electron chi connectivity index (χ1n) is 10.8. The molecule has 2 N–H and O–H groups in total. The largest absolute Gasteiger partial charge is 0.384 e. The summed E-state index contributed by atoms with van der Waals surface area (Å²) >= 11 is 0. The van der Waals surface area contributed by atoms with E-state index in [0.717, 1.165) is 62.9 Å². The smallest absolute Gasteiger partial charge is 0.272 e. The molecule has 0 spiro atoms. The third kappa shape index (κ3) is 4.09. The van der Waals surface area contributed by atoms with Crippen LogP contribution in [0.2, 0.25) is 0 Å². The summed E-state index contributed by atoms with van der Waals surface area (Å²) in [5.41, 5.74) is 5.26. The number of hydrogen-bond donors (Lipinski definition) is 2. The van der Waals surface area contributed by atoms with E-state index in [4.69, 9.17) is 9.84 Å². The second kappa shape index (κ2) is 8.67. The van der Waals surface area contributed by atoms with Gasteiger partial charge in [-0.3, -0.25) is 4.79 Å². The predicted octanol–water partition coefficient (Wildman–Crippen LogP) is 2.67. The molecule has 2 heterocycles. The van der Waals surface area contributed by atoms with E-state index < -0.39 is 0 Å². The van der Waals surface area contributed by atoms with Gasteiger partial charge in [0.15, 0.2) is 5.69 Å². The summed E-state index contributed by atoms with van der Waals surface area (Å²) in [7, 11) is 1.74. The van der Waals surface area contributed by atoms with Crippen molar-refractivity contribution in [1.82, 2.24) is 20.4 Å². The lowest BCUT2D eigenvalue weighted by molar-refractivity contribution is 0.0510. The minimum absolute atomic E-state index is 0.0113. The van der Waals surface area contributed by atoms with Crippen LogP contribution in [-0.4, -0.2) is 49.0 Å². The Bertz CT molecular complexity index is 845. The van der Waals surface area contributed by atoms with E-state index in [0.29, 0.717) is 18.8 Å². The summed E-state index contributed by atoms with van der Waals surface area (Å²) in [5, 5.41) is 11.3. The monoisotopic (exact) mass is 396 g/mol. The highest BCUT2D eigenvalue weighted by Gasteiger charge is 2.34. The molecule has 0 bridgehead atoms. The third-order valence-corrected chi connectivity index (χ3v) is 6.47. The number of amides is 1. The number of carbonyl (C=O) groups is 1. The Balaban J connectivity index is 1.54. The zero-order chi connectivity index (χ0) is 20.3. The van der Waals surface area contributed by atoms with Crippen LogP contribution in [0.1, 0.15) is 53.5 Å².